The fraction of sp³-hybridized carbons (Fsp3) is 0.938. The van der Waals surface area contributed by atoms with Crippen molar-refractivity contribution in [3.05, 3.63) is 0 Å². The molecular formula is C16H29NO2. The lowest BCUT2D eigenvalue weighted by atomic mass is 9.71. The van der Waals surface area contributed by atoms with Crippen molar-refractivity contribution in [2.45, 2.75) is 46.0 Å². The Morgan fingerprint density at radius 3 is 2.84 bits per heavy atom. The van der Waals surface area contributed by atoms with Gasteiger partial charge in [-0.05, 0) is 38.1 Å². The summed E-state index contributed by atoms with van der Waals surface area (Å²) < 4.78 is 5.28. The molecule has 0 aromatic heterocycles. The van der Waals surface area contributed by atoms with Crippen LogP contribution in [-0.2, 0) is 9.53 Å². The molecule has 2 unspecified atom stereocenters. The molecule has 3 heteroatoms. The molecule has 2 rings (SSSR count). The normalized spacial score (nSPS) is 32.5. The number of likely N-dealkylation sites (tertiary alicyclic amines) is 1. The van der Waals surface area contributed by atoms with E-state index in [1.807, 2.05) is 0 Å². The monoisotopic (exact) mass is 267 g/mol. The highest BCUT2D eigenvalue weighted by atomic mass is 16.5. The predicted molar refractivity (Wildman–Crippen MR) is 77.2 cm³/mol. The molecule has 0 spiro atoms. The molecule has 0 bridgehead atoms. The Morgan fingerprint density at radius 1 is 1.32 bits per heavy atom. The zero-order valence-electron chi connectivity index (χ0n) is 12.8. The van der Waals surface area contributed by atoms with Gasteiger partial charge in [-0.15, -0.1) is 0 Å². The molecule has 1 heterocycles. The highest BCUT2D eigenvalue weighted by Gasteiger charge is 2.38. The van der Waals surface area contributed by atoms with Crippen LogP contribution in [0.25, 0.3) is 0 Å². The highest BCUT2D eigenvalue weighted by molar-refractivity contribution is 5.87. The first-order valence-electron chi connectivity index (χ1n) is 7.78. The van der Waals surface area contributed by atoms with Crippen molar-refractivity contribution in [2.75, 3.05) is 33.4 Å². The molecule has 1 saturated carbocycles. The minimum Gasteiger partial charge on any atom is -0.384 e. The smallest absolute Gasteiger partial charge is 0.142 e. The maximum Gasteiger partial charge on any atom is 0.142 e. The summed E-state index contributed by atoms with van der Waals surface area (Å²) in [6.45, 7) is 8.34. The fourth-order valence-electron chi connectivity index (χ4n) is 3.77. The summed E-state index contributed by atoms with van der Waals surface area (Å²) in [5.74, 6) is 1.42. The number of ketones is 1. The van der Waals surface area contributed by atoms with Crippen molar-refractivity contribution in [3.63, 3.8) is 0 Å². The molecule has 2 aliphatic rings. The van der Waals surface area contributed by atoms with E-state index in [0.717, 1.165) is 39.1 Å². The van der Waals surface area contributed by atoms with Crippen molar-refractivity contribution < 1.29 is 9.53 Å². The molecule has 3 nitrogen and oxygen atoms in total. The van der Waals surface area contributed by atoms with Crippen LogP contribution in [0.4, 0.5) is 0 Å². The number of ether oxygens (including phenoxy) is 1. The van der Waals surface area contributed by atoms with Gasteiger partial charge in [0.05, 0.1) is 6.61 Å². The number of rotatable bonds is 4. The molecule has 1 aliphatic heterocycles. The molecule has 0 radical (unpaired) electrons. The van der Waals surface area contributed by atoms with Crippen LogP contribution in [0.5, 0.6) is 0 Å². The van der Waals surface area contributed by atoms with E-state index < -0.39 is 0 Å². The Kier molecular flexibility index (Phi) is 5.02. The second-order valence-electron chi connectivity index (χ2n) is 7.06. The fourth-order valence-corrected chi connectivity index (χ4v) is 3.77. The van der Waals surface area contributed by atoms with Crippen molar-refractivity contribution in [1.82, 2.24) is 4.90 Å². The minimum absolute atomic E-state index is 0.0926. The van der Waals surface area contributed by atoms with Crippen LogP contribution in [0.15, 0.2) is 0 Å². The van der Waals surface area contributed by atoms with E-state index in [4.69, 9.17) is 4.74 Å². The SMILES string of the molecule is COCC1CCCN(CC2CCCC(C)(C)C2=O)C1. The Morgan fingerprint density at radius 2 is 2.11 bits per heavy atom. The number of piperidine rings is 1. The first-order valence-corrected chi connectivity index (χ1v) is 7.78. The van der Waals surface area contributed by atoms with Crippen LogP contribution >= 0.6 is 0 Å². The first-order chi connectivity index (χ1) is 9.03. The van der Waals surface area contributed by atoms with E-state index in [0.29, 0.717) is 11.7 Å². The molecule has 0 amide bonds. The van der Waals surface area contributed by atoms with E-state index in [1.54, 1.807) is 7.11 Å². The quantitative estimate of drug-likeness (QED) is 0.784. The maximum absolute atomic E-state index is 12.5. The first kappa shape index (κ1) is 15.0. The van der Waals surface area contributed by atoms with Gasteiger partial charge < -0.3 is 9.64 Å². The number of carbonyl (C=O) groups is 1. The van der Waals surface area contributed by atoms with Crippen molar-refractivity contribution in [3.8, 4) is 0 Å². The van der Waals surface area contributed by atoms with Gasteiger partial charge in [0, 0.05) is 31.5 Å². The summed E-state index contributed by atoms with van der Waals surface area (Å²) in [6.07, 6.45) is 5.88. The summed E-state index contributed by atoms with van der Waals surface area (Å²) in [5, 5.41) is 0. The molecular weight excluding hydrogens is 238 g/mol. The van der Waals surface area contributed by atoms with Crippen LogP contribution in [0, 0.1) is 17.3 Å². The Hall–Kier alpha value is -0.410. The molecule has 0 aromatic rings. The second kappa shape index (κ2) is 6.36. The van der Waals surface area contributed by atoms with Gasteiger partial charge in [0.25, 0.3) is 0 Å². The van der Waals surface area contributed by atoms with Gasteiger partial charge in [-0.3, -0.25) is 4.79 Å². The van der Waals surface area contributed by atoms with Crippen molar-refractivity contribution in [1.29, 1.82) is 0 Å². The van der Waals surface area contributed by atoms with Gasteiger partial charge in [0.2, 0.25) is 0 Å². The van der Waals surface area contributed by atoms with Gasteiger partial charge >= 0.3 is 0 Å². The van der Waals surface area contributed by atoms with Gasteiger partial charge in [-0.2, -0.15) is 0 Å². The molecule has 0 N–H and O–H groups in total. The highest BCUT2D eigenvalue weighted by Crippen LogP contribution is 2.36. The zero-order valence-corrected chi connectivity index (χ0v) is 12.8. The summed E-state index contributed by atoms with van der Waals surface area (Å²) >= 11 is 0. The largest absolute Gasteiger partial charge is 0.384 e. The van der Waals surface area contributed by atoms with Crippen LogP contribution in [0.2, 0.25) is 0 Å². The molecule has 19 heavy (non-hydrogen) atoms. The Balaban J connectivity index is 1.88. The molecule has 2 atom stereocenters. The van der Waals surface area contributed by atoms with Gasteiger partial charge in [-0.25, -0.2) is 0 Å². The molecule has 1 aliphatic carbocycles. The van der Waals surface area contributed by atoms with Gasteiger partial charge in [0.1, 0.15) is 5.78 Å². The summed E-state index contributed by atoms with van der Waals surface area (Å²) in [6, 6.07) is 0. The van der Waals surface area contributed by atoms with Crippen LogP contribution < -0.4 is 0 Å². The standard InChI is InChI=1S/C16H29NO2/c1-16(2)8-4-7-14(15(16)18)11-17-9-5-6-13(10-17)12-19-3/h13-14H,4-12H2,1-3H3. The lowest BCUT2D eigenvalue weighted by molar-refractivity contribution is -0.135. The average Bonchev–Trinajstić information content (AvgIpc) is 2.36. The summed E-state index contributed by atoms with van der Waals surface area (Å²) in [4.78, 5) is 15.0. The van der Waals surface area contributed by atoms with Gasteiger partial charge in [0.15, 0.2) is 0 Å². The summed E-state index contributed by atoms with van der Waals surface area (Å²) in [5.41, 5.74) is -0.0926. The zero-order chi connectivity index (χ0) is 13.9. The molecule has 0 aromatic carbocycles. The number of methoxy groups -OCH3 is 1. The number of hydrogen-bond donors (Lipinski definition) is 0. The van der Waals surface area contributed by atoms with E-state index in [2.05, 4.69) is 18.7 Å². The van der Waals surface area contributed by atoms with Crippen LogP contribution in [0.1, 0.15) is 46.0 Å². The summed E-state index contributed by atoms with van der Waals surface area (Å²) in [7, 11) is 1.78. The molecule has 2 fully saturated rings. The van der Waals surface area contributed by atoms with Crippen molar-refractivity contribution in [2.24, 2.45) is 17.3 Å². The van der Waals surface area contributed by atoms with E-state index in [1.165, 1.54) is 19.3 Å². The Labute approximate surface area is 117 Å². The topological polar surface area (TPSA) is 29.5 Å². The molecule has 1 saturated heterocycles. The minimum atomic E-state index is -0.0926. The van der Waals surface area contributed by atoms with Gasteiger partial charge in [-0.1, -0.05) is 20.3 Å². The molecule has 110 valence electrons. The van der Waals surface area contributed by atoms with Crippen molar-refractivity contribution >= 4 is 5.78 Å². The lowest BCUT2D eigenvalue weighted by Crippen LogP contribution is -2.45. The number of Topliss-reactive ketones (excluding diaryl/α,β-unsaturated/α-hetero) is 1. The maximum atomic E-state index is 12.5. The number of carbonyl (C=O) groups excluding carboxylic acids is 1. The lowest BCUT2D eigenvalue weighted by Gasteiger charge is -2.39. The second-order valence-corrected chi connectivity index (χ2v) is 7.06. The predicted octanol–water partition coefficient (Wildman–Crippen LogP) is 2.74. The Bertz CT molecular complexity index is 312. The van der Waals surface area contributed by atoms with E-state index in [9.17, 15) is 4.79 Å². The number of hydrogen-bond acceptors (Lipinski definition) is 3. The third kappa shape index (κ3) is 3.79. The third-order valence-corrected chi connectivity index (χ3v) is 4.88. The van der Waals surface area contributed by atoms with Crippen LogP contribution in [-0.4, -0.2) is 44.0 Å². The third-order valence-electron chi connectivity index (χ3n) is 4.88. The van der Waals surface area contributed by atoms with E-state index >= 15 is 0 Å². The van der Waals surface area contributed by atoms with Crippen LogP contribution in [0.3, 0.4) is 0 Å². The average molecular weight is 267 g/mol. The number of nitrogens with zero attached hydrogens (tertiary/aromatic N) is 1. The van der Waals surface area contributed by atoms with E-state index in [-0.39, 0.29) is 11.3 Å².